The third-order valence-corrected chi connectivity index (χ3v) is 5.91. The largest absolute Gasteiger partial charge is 0.490 e. The van der Waals surface area contributed by atoms with E-state index in [1.807, 2.05) is 13.8 Å². The molecule has 23 heavy (non-hydrogen) atoms. The predicted octanol–water partition coefficient (Wildman–Crippen LogP) is 1.99. The molecule has 6 nitrogen and oxygen atoms in total. The standard InChI is InChI=1S/C16H26N2O4S/c1-3-21-15-9-8-14(11-16(15)22-4-2)23(19,20)18-10-6-5-7-13(18)12-17/h8-9,11,13H,3-7,10,12,17H2,1-2H3. The van der Waals surface area contributed by atoms with E-state index in [9.17, 15) is 8.42 Å². The number of nitrogens with zero attached hydrogens (tertiary/aromatic N) is 1. The lowest BCUT2D eigenvalue weighted by Gasteiger charge is -2.34. The van der Waals surface area contributed by atoms with Gasteiger partial charge in [-0.3, -0.25) is 0 Å². The first-order valence-electron chi connectivity index (χ1n) is 8.16. The van der Waals surface area contributed by atoms with Gasteiger partial charge in [0, 0.05) is 25.2 Å². The number of sulfonamides is 1. The normalized spacial score (nSPS) is 19.5. The zero-order chi connectivity index (χ0) is 16.9. The molecule has 1 unspecified atom stereocenters. The van der Waals surface area contributed by atoms with Crippen molar-refractivity contribution in [1.82, 2.24) is 4.31 Å². The SMILES string of the molecule is CCOc1ccc(S(=O)(=O)N2CCCCC2CN)cc1OCC. The van der Waals surface area contributed by atoms with Crippen molar-refractivity contribution in [2.24, 2.45) is 5.73 Å². The van der Waals surface area contributed by atoms with Crippen molar-refractivity contribution < 1.29 is 17.9 Å². The molecule has 1 aliphatic heterocycles. The second-order valence-corrected chi connectivity index (χ2v) is 7.37. The number of nitrogens with two attached hydrogens (primary N) is 1. The van der Waals surface area contributed by atoms with Crippen LogP contribution in [0.15, 0.2) is 23.1 Å². The first kappa shape index (κ1) is 18.0. The van der Waals surface area contributed by atoms with Crippen molar-refractivity contribution in [2.75, 3.05) is 26.3 Å². The monoisotopic (exact) mass is 342 g/mol. The van der Waals surface area contributed by atoms with Crippen LogP contribution in [0.25, 0.3) is 0 Å². The molecule has 0 bridgehead atoms. The fourth-order valence-corrected chi connectivity index (χ4v) is 4.57. The van der Waals surface area contributed by atoms with Crippen molar-refractivity contribution in [3.8, 4) is 11.5 Å². The van der Waals surface area contributed by atoms with Gasteiger partial charge in [0.25, 0.3) is 0 Å². The van der Waals surface area contributed by atoms with Crippen LogP contribution in [0.3, 0.4) is 0 Å². The maximum absolute atomic E-state index is 13.0. The first-order valence-corrected chi connectivity index (χ1v) is 9.60. The van der Waals surface area contributed by atoms with Crippen LogP contribution in [0.5, 0.6) is 11.5 Å². The smallest absolute Gasteiger partial charge is 0.243 e. The molecule has 0 aromatic heterocycles. The van der Waals surface area contributed by atoms with Crippen LogP contribution in [0, 0.1) is 0 Å². The molecule has 1 aromatic rings. The summed E-state index contributed by atoms with van der Waals surface area (Å²) in [6, 6.07) is 4.65. The molecule has 7 heteroatoms. The van der Waals surface area contributed by atoms with E-state index < -0.39 is 10.0 Å². The second kappa shape index (κ2) is 7.99. The van der Waals surface area contributed by atoms with Crippen molar-refractivity contribution in [2.45, 2.75) is 44.0 Å². The summed E-state index contributed by atoms with van der Waals surface area (Å²) in [6.07, 6.45) is 2.69. The van der Waals surface area contributed by atoms with E-state index in [1.165, 1.54) is 4.31 Å². The Kier molecular flexibility index (Phi) is 6.26. The van der Waals surface area contributed by atoms with Crippen LogP contribution in [-0.4, -0.2) is 45.1 Å². The number of hydrogen-bond acceptors (Lipinski definition) is 5. The van der Waals surface area contributed by atoms with Crippen LogP contribution < -0.4 is 15.2 Å². The summed E-state index contributed by atoms with van der Waals surface area (Å²) >= 11 is 0. The Bertz CT molecular complexity index is 619. The van der Waals surface area contributed by atoms with Crippen LogP contribution in [0.4, 0.5) is 0 Å². The summed E-state index contributed by atoms with van der Waals surface area (Å²) in [5.74, 6) is 1.01. The topological polar surface area (TPSA) is 81.9 Å². The summed E-state index contributed by atoms with van der Waals surface area (Å²) < 4.78 is 38.5. The number of ether oxygens (including phenoxy) is 2. The molecule has 2 N–H and O–H groups in total. The average Bonchev–Trinajstić information content (AvgIpc) is 2.56. The lowest BCUT2D eigenvalue weighted by atomic mass is 10.1. The van der Waals surface area contributed by atoms with Crippen molar-refractivity contribution >= 4 is 10.0 Å². The third kappa shape index (κ3) is 3.97. The fourth-order valence-electron chi connectivity index (χ4n) is 2.85. The van der Waals surface area contributed by atoms with Gasteiger partial charge in [-0.1, -0.05) is 6.42 Å². The highest BCUT2D eigenvalue weighted by atomic mass is 32.2. The highest BCUT2D eigenvalue weighted by Gasteiger charge is 2.33. The zero-order valence-electron chi connectivity index (χ0n) is 13.8. The van der Waals surface area contributed by atoms with Gasteiger partial charge in [-0.15, -0.1) is 0 Å². The van der Waals surface area contributed by atoms with Gasteiger partial charge in [-0.2, -0.15) is 4.31 Å². The van der Waals surface area contributed by atoms with Crippen LogP contribution >= 0.6 is 0 Å². The van der Waals surface area contributed by atoms with Gasteiger partial charge in [0.1, 0.15) is 0 Å². The van der Waals surface area contributed by atoms with E-state index in [1.54, 1.807) is 18.2 Å². The van der Waals surface area contributed by atoms with Gasteiger partial charge in [-0.05, 0) is 38.8 Å². The Balaban J connectivity index is 2.36. The molecule has 1 atom stereocenters. The van der Waals surface area contributed by atoms with E-state index in [0.29, 0.717) is 37.8 Å². The summed E-state index contributed by atoms with van der Waals surface area (Å²) in [4.78, 5) is 0.227. The molecular formula is C16H26N2O4S. The molecule has 0 radical (unpaired) electrons. The minimum atomic E-state index is -3.58. The Morgan fingerprint density at radius 2 is 1.87 bits per heavy atom. The maximum atomic E-state index is 13.0. The minimum Gasteiger partial charge on any atom is -0.490 e. The molecule has 130 valence electrons. The summed E-state index contributed by atoms with van der Waals surface area (Å²) in [6.45, 7) is 5.52. The highest BCUT2D eigenvalue weighted by molar-refractivity contribution is 7.89. The minimum absolute atomic E-state index is 0.129. The average molecular weight is 342 g/mol. The molecule has 0 saturated carbocycles. The number of piperidine rings is 1. The molecule has 0 aliphatic carbocycles. The lowest BCUT2D eigenvalue weighted by molar-refractivity contribution is 0.257. The zero-order valence-corrected chi connectivity index (χ0v) is 14.6. The Hall–Kier alpha value is -1.31. The van der Waals surface area contributed by atoms with Gasteiger partial charge >= 0.3 is 0 Å². The molecule has 2 rings (SSSR count). The van der Waals surface area contributed by atoms with Gasteiger partial charge in [0.15, 0.2) is 11.5 Å². The number of benzene rings is 1. The van der Waals surface area contributed by atoms with E-state index in [4.69, 9.17) is 15.2 Å². The molecule has 0 spiro atoms. The van der Waals surface area contributed by atoms with Crippen LogP contribution in [0.1, 0.15) is 33.1 Å². The van der Waals surface area contributed by atoms with E-state index in [-0.39, 0.29) is 10.9 Å². The van der Waals surface area contributed by atoms with Gasteiger partial charge < -0.3 is 15.2 Å². The van der Waals surface area contributed by atoms with Crippen molar-refractivity contribution in [3.05, 3.63) is 18.2 Å². The Morgan fingerprint density at radius 3 is 2.52 bits per heavy atom. The maximum Gasteiger partial charge on any atom is 0.243 e. The summed E-state index contributed by atoms with van der Waals surface area (Å²) in [5.41, 5.74) is 5.76. The van der Waals surface area contributed by atoms with Crippen LogP contribution in [0.2, 0.25) is 0 Å². The van der Waals surface area contributed by atoms with Crippen molar-refractivity contribution in [1.29, 1.82) is 0 Å². The lowest BCUT2D eigenvalue weighted by Crippen LogP contribution is -2.47. The van der Waals surface area contributed by atoms with Gasteiger partial charge in [0.05, 0.1) is 18.1 Å². The Labute approximate surface area is 138 Å². The molecule has 1 aliphatic rings. The molecular weight excluding hydrogens is 316 g/mol. The van der Waals surface area contributed by atoms with Gasteiger partial charge in [-0.25, -0.2) is 8.42 Å². The fraction of sp³-hybridized carbons (Fsp3) is 0.625. The quantitative estimate of drug-likeness (QED) is 0.819. The summed E-state index contributed by atoms with van der Waals surface area (Å²) in [5, 5.41) is 0. The number of hydrogen-bond donors (Lipinski definition) is 1. The molecule has 1 fully saturated rings. The third-order valence-electron chi connectivity index (χ3n) is 3.97. The molecule has 1 heterocycles. The van der Waals surface area contributed by atoms with Crippen LogP contribution in [-0.2, 0) is 10.0 Å². The van der Waals surface area contributed by atoms with E-state index in [0.717, 1.165) is 19.3 Å². The molecule has 1 aromatic carbocycles. The van der Waals surface area contributed by atoms with E-state index in [2.05, 4.69) is 0 Å². The molecule has 0 amide bonds. The van der Waals surface area contributed by atoms with Crippen molar-refractivity contribution in [3.63, 3.8) is 0 Å². The van der Waals surface area contributed by atoms with E-state index >= 15 is 0 Å². The number of rotatable bonds is 7. The van der Waals surface area contributed by atoms with Gasteiger partial charge in [0.2, 0.25) is 10.0 Å². The predicted molar refractivity (Wildman–Crippen MR) is 89.4 cm³/mol. The highest BCUT2D eigenvalue weighted by Crippen LogP contribution is 2.33. The Morgan fingerprint density at radius 1 is 1.17 bits per heavy atom. The molecule has 1 saturated heterocycles. The summed E-state index contributed by atoms with van der Waals surface area (Å²) in [7, 11) is -3.58. The first-order chi connectivity index (χ1) is 11.0. The second-order valence-electron chi connectivity index (χ2n) is 5.48.